The minimum atomic E-state index is 0.152. The Morgan fingerprint density at radius 2 is 0.572 bits per heavy atom. The smallest absolute Gasteiger partial charge is 0.140 e. The van der Waals surface area contributed by atoms with E-state index in [9.17, 15) is 0 Å². The Labute approximate surface area is 870 Å². The van der Waals surface area contributed by atoms with Gasteiger partial charge in [0, 0.05) is 93.8 Å². The highest BCUT2D eigenvalue weighted by atomic mass is 32.1. The average Bonchev–Trinajstić information content (AvgIpc) is 1.58. The lowest BCUT2D eigenvalue weighted by Gasteiger charge is -2.21. The van der Waals surface area contributed by atoms with Crippen LogP contribution in [0.2, 0.25) is 0 Å². The first-order valence-corrected chi connectivity index (χ1v) is 52.6. The maximum Gasteiger partial charge on any atom is 0.140 e. The fraction of sp³-hybridized carbons (Fsp3) is 0.165. The molecule has 0 atom stereocenters. The maximum atomic E-state index is 4.41. The van der Waals surface area contributed by atoms with Gasteiger partial charge in [-0.15, -0.1) is 22.7 Å². The van der Waals surface area contributed by atoms with E-state index in [0.29, 0.717) is 0 Å². The Kier molecular flexibility index (Phi) is 37.0. The van der Waals surface area contributed by atoms with Crippen molar-refractivity contribution in [1.82, 2.24) is 19.1 Å². The summed E-state index contributed by atoms with van der Waals surface area (Å²) in [6.45, 7) is 38.2. The second-order valence-corrected chi connectivity index (χ2v) is 39.9. The van der Waals surface area contributed by atoms with E-state index in [-0.39, 0.29) is 5.41 Å². The summed E-state index contributed by atoms with van der Waals surface area (Å²) < 4.78 is 9.87. The third-order valence-electron chi connectivity index (χ3n) is 26.3. The van der Waals surface area contributed by atoms with Crippen LogP contribution in [0.15, 0.2) is 455 Å². The first kappa shape index (κ1) is 105. The number of pyridine rings is 2. The van der Waals surface area contributed by atoms with E-state index >= 15 is 0 Å². The highest BCUT2D eigenvalue weighted by molar-refractivity contribution is 7.26. The topological polar surface area (TPSA) is 35.6 Å². The average molecular weight is 1930 g/mol. The van der Waals surface area contributed by atoms with Gasteiger partial charge in [0.15, 0.2) is 0 Å². The second-order valence-electron chi connectivity index (χ2n) is 37.8. The predicted octanol–water partition coefficient (Wildman–Crippen LogP) is 40.2. The molecule has 17 aromatic carbocycles. The third kappa shape index (κ3) is 26.9. The van der Waals surface area contributed by atoms with E-state index in [1.165, 1.54) is 224 Å². The number of thiophene rings is 2. The van der Waals surface area contributed by atoms with Crippen LogP contribution >= 0.6 is 22.7 Å². The molecule has 0 spiro atoms. The third-order valence-corrected chi connectivity index (χ3v) is 28.9. The van der Waals surface area contributed by atoms with Crippen molar-refractivity contribution in [3.05, 3.63) is 533 Å². The van der Waals surface area contributed by atoms with Crippen LogP contribution in [0, 0.1) is 76.2 Å². The monoisotopic (exact) mass is 1930 g/mol. The molecule has 0 bridgehead atoms. The van der Waals surface area contributed by atoms with Gasteiger partial charge in [-0.3, -0.25) is 0 Å². The van der Waals surface area contributed by atoms with Crippen molar-refractivity contribution in [3.8, 4) is 55.6 Å². The van der Waals surface area contributed by atoms with Gasteiger partial charge in [0.05, 0.1) is 11.0 Å². The van der Waals surface area contributed by atoms with E-state index < -0.39 is 0 Å². The molecule has 6 heteroatoms. The van der Waals surface area contributed by atoms with Crippen molar-refractivity contribution in [2.75, 3.05) is 0 Å². The first-order chi connectivity index (χ1) is 70.5. The number of benzene rings is 17. The molecule has 6 aromatic heterocycles. The first-order valence-electron chi connectivity index (χ1n) is 50.9. The van der Waals surface area contributed by atoms with Crippen LogP contribution in [0.4, 0.5) is 0 Å². The van der Waals surface area contributed by atoms with Crippen molar-refractivity contribution in [2.24, 2.45) is 14.1 Å². The Bertz CT molecular complexity index is 7850. The molecule has 0 saturated carbocycles. The number of hydrogen-bond donors (Lipinski definition) is 0. The molecule has 0 radical (unpaired) electrons. The molecular formula is C139H138N4S2. The minimum Gasteiger partial charge on any atom is -0.328 e. The van der Waals surface area contributed by atoms with Crippen LogP contribution in [0.25, 0.3) is 145 Å². The summed E-state index contributed by atoms with van der Waals surface area (Å²) in [5, 5.41) is 10.6. The van der Waals surface area contributed by atoms with Crippen LogP contribution in [0.5, 0.6) is 0 Å². The molecule has 726 valence electrons. The van der Waals surface area contributed by atoms with E-state index in [1.807, 2.05) is 129 Å². The molecule has 0 aliphatic heterocycles. The van der Waals surface area contributed by atoms with E-state index in [2.05, 4.69) is 500 Å². The van der Waals surface area contributed by atoms with Gasteiger partial charge < -0.3 is 9.13 Å². The Morgan fingerprint density at radius 3 is 1.01 bits per heavy atom. The number of allylic oxidation sites excluding steroid dienone is 4. The van der Waals surface area contributed by atoms with Crippen LogP contribution in [0.3, 0.4) is 0 Å². The summed E-state index contributed by atoms with van der Waals surface area (Å²) >= 11 is 3.81. The van der Waals surface area contributed by atoms with Crippen molar-refractivity contribution < 1.29 is 0 Å². The molecule has 0 N–H and O–H groups in total. The summed E-state index contributed by atoms with van der Waals surface area (Å²) in [5.74, 6) is 0. The van der Waals surface area contributed by atoms with Gasteiger partial charge in [-0.2, -0.15) is 0 Å². The maximum absolute atomic E-state index is 4.41. The van der Waals surface area contributed by atoms with Gasteiger partial charge in [0.1, 0.15) is 11.3 Å². The Hall–Kier alpha value is -15.4. The SMILES string of the molecule is CC.CC.CC1=CC=C(c2ccc3sc4ccc(C)cc4c3c2)CC1.Cc1ccc(-c2cccc3c2sc2c(C)cccc23)cc1.Cc1ccc(-c2ccccc2)cc1.Cc1ccc(-c2ccccc2)cc1.Cc1ccc(-c2ccccc2)cc1.Cc1ccc2c(c1)-c1ccccc1C2(C)C.Cc1ccc2c(c1)c1cccnc1n2C.Cc1ccc2c(c1)c1cccnc1n2C.Cc1ccccc1.Cc1ccccc1. The summed E-state index contributed by atoms with van der Waals surface area (Å²) in [6.07, 6.45) is 10.6. The largest absolute Gasteiger partial charge is 0.328 e. The van der Waals surface area contributed by atoms with Crippen molar-refractivity contribution in [3.63, 3.8) is 0 Å². The number of fused-ring (bicyclic) bond motifs is 15. The molecule has 2 aliphatic rings. The fourth-order valence-electron chi connectivity index (χ4n) is 18.3. The number of rotatable bonds is 5. The van der Waals surface area contributed by atoms with E-state index in [0.717, 1.165) is 17.7 Å². The highest BCUT2D eigenvalue weighted by Crippen LogP contribution is 2.49. The molecule has 0 fully saturated rings. The van der Waals surface area contributed by atoms with Gasteiger partial charge in [-0.1, -0.05) is 467 Å². The molecular weight excluding hydrogens is 1790 g/mol. The number of aromatic nitrogens is 4. The molecule has 0 saturated heterocycles. The van der Waals surface area contributed by atoms with Gasteiger partial charge in [0.2, 0.25) is 0 Å². The van der Waals surface area contributed by atoms with Crippen LogP contribution in [0.1, 0.15) is 139 Å². The van der Waals surface area contributed by atoms with Crippen LogP contribution in [-0.4, -0.2) is 19.1 Å². The molecule has 23 aromatic rings. The number of aryl methyl sites for hydroxylation is 13. The lowest BCUT2D eigenvalue weighted by molar-refractivity contribution is 0.660. The molecule has 4 nitrogen and oxygen atoms in total. The van der Waals surface area contributed by atoms with Crippen molar-refractivity contribution >= 4 is 112 Å². The molecule has 0 unspecified atom stereocenters. The number of nitrogens with zero attached hydrogens (tertiary/aromatic N) is 4. The van der Waals surface area contributed by atoms with Crippen LogP contribution < -0.4 is 0 Å². The highest BCUT2D eigenvalue weighted by Gasteiger charge is 2.35. The standard InChI is InChI=1S/C20H18S.C20H16S.C16H16.2C13H12N2.3C13H12.2C7H8.2C2H6/c1-13-3-6-15(7-4-13)16-8-10-20-18(12-16)17-11-14(2)5-9-19(17)21-20;1-13-9-11-15(12-10-13)16-6-4-8-18-17-7-3-5-14(2)19(17)21-20(16)18;1-11-8-9-15-13(10-11)12-6-4-5-7-14(12)16(15,2)3;2*1-9-5-6-12-11(8-9)10-4-3-7-14-13(10)15(12)2;3*1-11-7-9-13(10-8-11)12-5-3-2-4-6-12;2*1-7-5-3-2-4-6-7;2*1-2/h3,5-6,8-12H,4,7H2,1-2H3;3-12H,1-2H3;4-10H,1-3H3;2*3-8H,1-2H3;3*2-10H,1H3;2*2-6H,1H3;2*1-2H3. The summed E-state index contributed by atoms with van der Waals surface area (Å²) in [5.41, 5.74) is 39.6. The predicted molar refractivity (Wildman–Crippen MR) is 639 cm³/mol. The zero-order valence-corrected chi connectivity index (χ0v) is 89.9. The summed E-state index contributed by atoms with van der Waals surface area (Å²) in [4.78, 5) is 8.82. The quantitative estimate of drug-likeness (QED) is 0.172. The van der Waals surface area contributed by atoms with Gasteiger partial charge in [-0.05, 0) is 252 Å². The molecule has 145 heavy (non-hydrogen) atoms. The van der Waals surface area contributed by atoms with E-state index in [4.69, 9.17) is 0 Å². The summed E-state index contributed by atoms with van der Waals surface area (Å²) in [6, 6.07) is 150. The van der Waals surface area contributed by atoms with Gasteiger partial charge >= 0.3 is 0 Å². The zero-order valence-electron chi connectivity index (χ0n) is 88.2. The Balaban J connectivity index is 0.000000129. The second kappa shape index (κ2) is 51.0. The van der Waals surface area contributed by atoms with Crippen LogP contribution in [-0.2, 0) is 19.5 Å². The lowest BCUT2D eigenvalue weighted by Crippen LogP contribution is -2.14. The van der Waals surface area contributed by atoms with Gasteiger partial charge in [-0.25, -0.2) is 9.97 Å². The van der Waals surface area contributed by atoms with Crippen molar-refractivity contribution in [2.45, 2.75) is 143 Å². The Morgan fingerprint density at radius 1 is 0.234 bits per heavy atom. The number of hydrogen-bond acceptors (Lipinski definition) is 4. The normalized spacial score (nSPS) is 11.5. The molecule has 25 rings (SSSR count). The minimum absolute atomic E-state index is 0.152. The van der Waals surface area contributed by atoms with Gasteiger partial charge in [0.25, 0.3) is 0 Å². The molecule has 2 aliphatic carbocycles. The summed E-state index contributed by atoms with van der Waals surface area (Å²) in [7, 11) is 4.12. The van der Waals surface area contributed by atoms with E-state index in [1.54, 1.807) is 0 Å². The fourth-order valence-corrected chi connectivity index (χ4v) is 20.7. The molecule has 6 heterocycles. The molecule has 0 amide bonds. The zero-order chi connectivity index (χ0) is 102. The van der Waals surface area contributed by atoms with Crippen molar-refractivity contribution in [1.29, 1.82) is 0 Å². The lowest BCUT2D eigenvalue weighted by atomic mass is 9.82.